The molecule has 0 spiro atoms. The molecule has 0 bridgehead atoms. The van der Waals surface area contributed by atoms with E-state index in [1.807, 2.05) is 42.5 Å². The molecule has 4 heteroatoms. The average molecular weight is 288 g/mol. The zero-order valence-electron chi connectivity index (χ0n) is 12.5. The van der Waals surface area contributed by atoms with Crippen molar-refractivity contribution in [3.05, 3.63) is 60.1 Å². The van der Waals surface area contributed by atoms with Crippen molar-refractivity contribution in [2.75, 3.05) is 13.1 Å². The highest BCUT2D eigenvalue weighted by Gasteiger charge is 2.18. The van der Waals surface area contributed by atoms with Gasteiger partial charge in [-0.2, -0.15) is 0 Å². The van der Waals surface area contributed by atoms with E-state index in [4.69, 9.17) is 10.2 Å². The van der Waals surface area contributed by atoms with Gasteiger partial charge in [-0.3, -0.25) is 4.90 Å². The molecule has 1 heterocycles. The smallest absolute Gasteiger partial charge is 0.117 e. The molecular formula is C17H24N2O2. The molecule has 2 rings (SSSR count). The van der Waals surface area contributed by atoms with Crippen molar-refractivity contribution in [3.8, 4) is 0 Å². The molecule has 0 fully saturated rings. The van der Waals surface area contributed by atoms with E-state index >= 15 is 0 Å². The lowest BCUT2D eigenvalue weighted by atomic mass is 10.0. The van der Waals surface area contributed by atoms with Crippen LogP contribution in [0, 0.1) is 0 Å². The lowest BCUT2D eigenvalue weighted by Gasteiger charge is -2.26. The average Bonchev–Trinajstić information content (AvgIpc) is 3.00. The van der Waals surface area contributed by atoms with E-state index in [1.165, 1.54) is 0 Å². The number of aliphatic hydroxyl groups is 1. The highest BCUT2D eigenvalue weighted by atomic mass is 16.3. The summed E-state index contributed by atoms with van der Waals surface area (Å²) in [6.45, 7) is 4.15. The highest BCUT2D eigenvalue weighted by molar-refractivity contribution is 5.16. The zero-order valence-corrected chi connectivity index (χ0v) is 12.5. The van der Waals surface area contributed by atoms with Gasteiger partial charge in [-0.15, -0.1) is 0 Å². The Kier molecular flexibility index (Phi) is 5.99. The van der Waals surface area contributed by atoms with E-state index in [0.29, 0.717) is 19.5 Å². The topological polar surface area (TPSA) is 62.6 Å². The first-order chi connectivity index (χ1) is 10.2. The summed E-state index contributed by atoms with van der Waals surface area (Å²) in [5, 5.41) is 10.3. The summed E-state index contributed by atoms with van der Waals surface area (Å²) in [5.74, 6) is 0.903. The zero-order chi connectivity index (χ0) is 15.1. The molecule has 0 radical (unpaired) electrons. The largest absolute Gasteiger partial charge is 0.468 e. The number of rotatable bonds is 8. The third-order valence-electron chi connectivity index (χ3n) is 3.66. The first-order valence-electron chi connectivity index (χ1n) is 7.41. The van der Waals surface area contributed by atoms with Gasteiger partial charge in [0, 0.05) is 12.6 Å². The van der Waals surface area contributed by atoms with E-state index in [-0.39, 0.29) is 6.04 Å². The van der Waals surface area contributed by atoms with Crippen LogP contribution in [-0.2, 0) is 13.0 Å². The maximum Gasteiger partial charge on any atom is 0.117 e. The quantitative estimate of drug-likeness (QED) is 0.780. The monoisotopic (exact) mass is 288 g/mol. The molecule has 3 N–H and O–H groups in total. The number of hydrogen-bond donors (Lipinski definition) is 2. The second-order valence-corrected chi connectivity index (χ2v) is 5.33. The Morgan fingerprint density at radius 3 is 2.57 bits per heavy atom. The second kappa shape index (κ2) is 7.98. The molecule has 2 atom stereocenters. The summed E-state index contributed by atoms with van der Waals surface area (Å²) >= 11 is 0. The number of likely N-dealkylation sites (N-methyl/N-ethyl adjacent to an activating group) is 1. The summed E-state index contributed by atoms with van der Waals surface area (Å²) in [7, 11) is 0. The maximum atomic E-state index is 10.3. The molecule has 4 nitrogen and oxygen atoms in total. The molecule has 0 aliphatic heterocycles. The van der Waals surface area contributed by atoms with Crippen LogP contribution in [0.2, 0.25) is 0 Å². The molecule has 2 unspecified atom stereocenters. The van der Waals surface area contributed by atoms with Gasteiger partial charge in [0.15, 0.2) is 0 Å². The van der Waals surface area contributed by atoms with Crippen LogP contribution in [-0.4, -0.2) is 35.2 Å². The SMILES string of the molecule is CCN(Cc1ccco1)CC(O)C(N)Cc1ccccc1. The molecule has 0 aliphatic carbocycles. The van der Waals surface area contributed by atoms with Gasteiger partial charge in [-0.1, -0.05) is 37.3 Å². The summed E-state index contributed by atoms with van der Waals surface area (Å²) in [4.78, 5) is 2.13. The molecule has 0 aliphatic rings. The molecule has 0 saturated carbocycles. The van der Waals surface area contributed by atoms with E-state index in [9.17, 15) is 5.11 Å². The molecule has 1 aromatic carbocycles. The Labute approximate surface area is 126 Å². The van der Waals surface area contributed by atoms with E-state index < -0.39 is 6.10 Å². The van der Waals surface area contributed by atoms with Crippen LogP contribution in [0.5, 0.6) is 0 Å². The maximum absolute atomic E-state index is 10.3. The van der Waals surface area contributed by atoms with Crippen molar-refractivity contribution < 1.29 is 9.52 Å². The normalized spacial score (nSPS) is 14.3. The van der Waals surface area contributed by atoms with Gasteiger partial charge in [-0.05, 0) is 30.7 Å². The predicted molar refractivity (Wildman–Crippen MR) is 83.8 cm³/mol. The molecule has 0 saturated heterocycles. The van der Waals surface area contributed by atoms with Gasteiger partial charge in [-0.25, -0.2) is 0 Å². The van der Waals surface area contributed by atoms with Crippen LogP contribution in [0.3, 0.4) is 0 Å². The van der Waals surface area contributed by atoms with Gasteiger partial charge in [0.2, 0.25) is 0 Å². The van der Waals surface area contributed by atoms with E-state index in [2.05, 4.69) is 11.8 Å². The highest BCUT2D eigenvalue weighted by Crippen LogP contribution is 2.09. The standard InChI is InChI=1S/C17H24N2O2/c1-2-19(12-15-9-6-10-21-15)13-17(20)16(18)11-14-7-4-3-5-8-14/h3-10,16-17,20H,2,11-13,18H2,1H3. The fraction of sp³-hybridized carbons (Fsp3) is 0.412. The van der Waals surface area contributed by atoms with Crippen LogP contribution in [0.1, 0.15) is 18.2 Å². The van der Waals surface area contributed by atoms with Gasteiger partial charge in [0.25, 0.3) is 0 Å². The Morgan fingerprint density at radius 1 is 1.19 bits per heavy atom. The number of hydrogen-bond acceptors (Lipinski definition) is 4. The molecule has 1 aromatic heterocycles. The van der Waals surface area contributed by atoms with Crippen LogP contribution >= 0.6 is 0 Å². The number of benzene rings is 1. The Balaban J connectivity index is 1.85. The van der Waals surface area contributed by atoms with Crippen molar-refractivity contribution in [1.82, 2.24) is 4.90 Å². The summed E-state index contributed by atoms with van der Waals surface area (Å²) in [6.07, 6.45) is 1.79. The van der Waals surface area contributed by atoms with Crippen LogP contribution in [0.15, 0.2) is 53.1 Å². The Hall–Kier alpha value is -1.62. The third kappa shape index (κ3) is 5.01. The molecule has 114 valence electrons. The minimum absolute atomic E-state index is 0.266. The van der Waals surface area contributed by atoms with Crippen molar-refractivity contribution in [2.24, 2.45) is 5.73 Å². The summed E-state index contributed by atoms with van der Waals surface area (Å²) in [6, 6.07) is 13.6. The van der Waals surface area contributed by atoms with Crippen molar-refractivity contribution >= 4 is 0 Å². The van der Waals surface area contributed by atoms with E-state index in [1.54, 1.807) is 6.26 Å². The molecule has 2 aromatic rings. The predicted octanol–water partition coefficient (Wildman–Crippen LogP) is 2.03. The van der Waals surface area contributed by atoms with Crippen molar-refractivity contribution in [3.63, 3.8) is 0 Å². The number of nitrogens with zero attached hydrogens (tertiary/aromatic N) is 1. The molecule has 21 heavy (non-hydrogen) atoms. The van der Waals surface area contributed by atoms with Crippen LogP contribution in [0.4, 0.5) is 0 Å². The van der Waals surface area contributed by atoms with Gasteiger partial charge in [0.1, 0.15) is 5.76 Å². The first kappa shape index (κ1) is 15.8. The van der Waals surface area contributed by atoms with Crippen molar-refractivity contribution in [1.29, 1.82) is 0 Å². The first-order valence-corrected chi connectivity index (χ1v) is 7.41. The van der Waals surface area contributed by atoms with Gasteiger partial charge >= 0.3 is 0 Å². The van der Waals surface area contributed by atoms with E-state index in [0.717, 1.165) is 17.9 Å². The fourth-order valence-electron chi connectivity index (χ4n) is 2.35. The second-order valence-electron chi connectivity index (χ2n) is 5.33. The summed E-state index contributed by atoms with van der Waals surface area (Å²) < 4.78 is 5.35. The fourth-order valence-corrected chi connectivity index (χ4v) is 2.35. The Morgan fingerprint density at radius 2 is 1.95 bits per heavy atom. The molecule has 0 amide bonds. The van der Waals surface area contributed by atoms with Gasteiger partial charge in [0.05, 0.1) is 18.9 Å². The van der Waals surface area contributed by atoms with Crippen molar-refractivity contribution in [2.45, 2.75) is 32.0 Å². The minimum Gasteiger partial charge on any atom is -0.468 e. The number of aliphatic hydroxyl groups excluding tert-OH is 1. The Bertz CT molecular complexity index is 499. The van der Waals surface area contributed by atoms with Crippen LogP contribution in [0.25, 0.3) is 0 Å². The number of furan rings is 1. The molecular weight excluding hydrogens is 264 g/mol. The third-order valence-corrected chi connectivity index (χ3v) is 3.66. The minimum atomic E-state index is -0.555. The summed E-state index contributed by atoms with van der Waals surface area (Å²) in [5.41, 5.74) is 7.28. The van der Waals surface area contributed by atoms with Gasteiger partial charge < -0.3 is 15.3 Å². The number of nitrogens with two attached hydrogens (primary N) is 1. The van der Waals surface area contributed by atoms with Crippen LogP contribution < -0.4 is 5.73 Å². The lowest BCUT2D eigenvalue weighted by Crippen LogP contribution is -2.44. The lowest BCUT2D eigenvalue weighted by molar-refractivity contribution is 0.0869.